The first kappa shape index (κ1) is 31.4. The SMILES string of the molecule is O=C1CCC(n2nnc3cc(N4CC(C#Cc5cnn(C6(C(=O)Nc7ccc(C(F)(F)F)cc7Cl)CCC6)c5)C4)ccc3c2=O)C(=O)N1. The summed E-state index contributed by atoms with van der Waals surface area (Å²) in [6.45, 7) is 1.27. The maximum atomic E-state index is 13.3. The Morgan fingerprint density at radius 3 is 2.58 bits per heavy atom. The highest BCUT2D eigenvalue weighted by Crippen LogP contribution is 2.41. The number of carbonyl (C=O) groups excluding carboxylic acids is 3. The fourth-order valence-electron chi connectivity index (χ4n) is 6.05. The van der Waals surface area contributed by atoms with Crippen molar-refractivity contribution in [2.45, 2.75) is 49.9 Å². The van der Waals surface area contributed by atoms with Crippen LogP contribution >= 0.6 is 11.6 Å². The number of nitrogens with zero attached hydrogens (tertiary/aromatic N) is 6. The maximum absolute atomic E-state index is 13.3. The van der Waals surface area contributed by atoms with E-state index in [1.807, 2.05) is 0 Å². The van der Waals surface area contributed by atoms with Gasteiger partial charge in [0.05, 0.1) is 39.3 Å². The third-order valence-corrected chi connectivity index (χ3v) is 9.32. The van der Waals surface area contributed by atoms with Crippen molar-refractivity contribution in [2.24, 2.45) is 5.92 Å². The molecule has 1 saturated carbocycles. The molecule has 2 aliphatic heterocycles. The van der Waals surface area contributed by atoms with Gasteiger partial charge in [-0.05, 0) is 62.1 Å². The van der Waals surface area contributed by atoms with Crippen molar-refractivity contribution in [1.29, 1.82) is 0 Å². The standard InChI is InChI=1S/C32H26ClF3N8O4/c33-23-12-20(32(34,35)36)4-7-24(23)38-30(48)31(10-1-11-31)43-17-18(14-37-43)2-3-19-15-42(16-19)21-5-6-22-25(13-21)40-41-44(29(22)47)26-8-9-27(45)39-28(26)46/h4-7,12-14,17,19,26H,1,8-11,15-16H2,(H,38,48)(H,39,45,46). The molecular weight excluding hydrogens is 653 g/mol. The average molecular weight is 679 g/mol. The molecule has 16 heteroatoms. The van der Waals surface area contributed by atoms with Crippen LogP contribution in [0.15, 0.2) is 53.6 Å². The predicted octanol–water partition coefficient (Wildman–Crippen LogP) is 3.64. The zero-order valence-electron chi connectivity index (χ0n) is 25.1. The van der Waals surface area contributed by atoms with Crippen molar-refractivity contribution in [3.63, 3.8) is 0 Å². The van der Waals surface area contributed by atoms with Gasteiger partial charge in [0, 0.05) is 31.4 Å². The van der Waals surface area contributed by atoms with Gasteiger partial charge in [0.1, 0.15) is 17.1 Å². The van der Waals surface area contributed by atoms with Gasteiger partial charge >= 0.3 is 6.18 Å². The van der Waals surface area contributed by atoms with E-state index in [4.69, 9.17) is 11.6 Å². The van der Waals surface area contributed by atoms with Crippen molar-refractivity contribution in [2.75, 3.05) is 23.3 Å². The van der Waals surface area contributed by atoms with E-state index < -0.39 is 40.7 Å². The molecule has 1 unspecified atom stereocenters. The zero-order valence-corrected chi connectivity index (χ0v) is 25.8. The molecule has 3 aliphatic rings. The molecule has 0 spiro atoms. The number of anilines is 2. The molecule has 4 heterocycles. The second-order valence-corrected chi connectivity index (χ2v) is 12.5. The van der Waals surface area contributed by atoms with Gasteiger partial charge < -0.3 is 10.2 Å². The first-order valence-corrected chi connectivity index (χ1v) is 15.5. The van der Waals surface area contributed by atoms with Crippen molar-refractivity contribution in [3.8, 4) is 11.8 Å². The van der Waals surface area contributed by atoms with Crippen molar-refractivity contribution >= 4 is 51.6 Å². The Bertz CT molecular complexity index is 2110. The summed E-state index contributed by atoms with van der Waals surface area (Å²) in [5.41, 5.74) is -0.426. The lowest BCUT2D eigenvalue weighted by atomic mass is 9.76. The molecule has 246 valence electrons. The van der Waals surface area contributed by atoms with Gasteiger partial charge in [-0.15, -0.1) is 5.10 Å². The largest absolute Gasteiger partial charge is 0.416 e. The van der Waals surface area contributed by atoms with Crippen LogP contribution in [0, 0.1) is 17.8 Å². The Balaban J connectivity index is 0.991. The second kappa shape index (κ2) is 11.8. The maximum Gasteiger partial charge on any atom is 0.416 e. The molecule has 48 heavy (non-hydrogen) atoms. The minimum absolute atomic E-state index is 0.0541. The van der Waals surface area contributed by atoms with E-state index in [0.717, 1.165) is 35.0 Å². The number of alkyl halides is 3. The number of carbonyl (C=O) groups is 3. The summed E-state index contributed by atoms with van der Waals surface area (Å²) in [5, 5.41) is 17.5. The topological polar surface area (TPSA) is 144 Å². The third kappa shape index (κ3) is 5.66. The fourth-order valence-corrected chi connectivity index (χ4v) is 6.28. The number of aromatic nitrogens is 5. The van der Waals surface area contributed by atoms with E-state index in [2.05, 4.69) is 42.8 Å². The molecule has 2 N–H and O–H groups in total. The monoisotopic (exact) mass is 678 g/mol. The van der Waals surface area contributed by atoms with E-state index in [1.165, 1.54) is 0 Å². The summed E-state index contributed by atoms with van der Waals surface area (Å²) >= 11 is 6.05. The van der Waals surface area contributed by atoms with Gasteiger partial charge in [0.15, 0.2) is 0 Å². The lowest BCUT2D eigenvalue weighted by Crippen LogP contribution is -2.51. The number of benzene rings is 2. The third-order valence-electron chi connectivity index (χ3n) is 9.01. The Kier molecular flexibility index (Phi) is 7.70. The molecule has 0 bridgehead atoms. The normalized spacial score (nSPS) is 19.2. The fraction of sp³-hybridized carbons (Fsp3) is 0.344. The van der Waals surface area contributed by atoms with Crippen LogP contribution in [0.4, 0.5) is 24.5 Å². The molecule has 3 fully saturated rings. The first-order valence-electron chi connectivity index (χ1n) is 15.1. The molecule has 4 aromatic rings. The summed E-state index contributed by atoms with van der Waals surface area (Å²) in [6, 6.07) is 7.11. The molecule has 7 rings (SSSR count). The number of amides is 3. The molecule has 1 aliphatic carbocycles. The molecule has 1 atom stereocenters. The van der Waals surface area contributed by atoms with Crippen LogP contribution in [0.3, 0.4) is 0 Å². The van der Waals surface area contributed by atoms with E-state index >= 15 is 0 Å². The van der Waals surface area contributed by atoms with Crippen LogP contribution in [-0.4, -0.2) is 55.6 Å². The van der Waals surface area contributed by atoms with Crippen LogP contribution in [0.1, 0.15) is 49.3 Å². The van der Waals surface area contributed by atoms with Crippen molar-refractivity contribution < 1.29 is 27.6 Å². The molecule has 3 amide bonds. The molecule has 12 nitrogen and oxygen atoms in total. The number of fused-ring (bicyclic) bond motifs is 1. The molecular formula is C32H26ClF3N8O4. The minimum atomic E-state index is -4.55. The first-order chi connectivity index (χ1) is 22.9. The van der Waals surface area contributed by atoms with E-state index in [0.29, 0.717) is 42.4 Å². The van der Waals surface area contributed by atoms with Crippen LogP contribution < -0.4 is 21.1 Å². The highest BCUT2D eigenvalue weighted by Gasteiger charge is 2.47. The number of nitrogens with one attached hydrogen (secondary N) is 2. The molecule has 2 saturated heterocycles. The highest BCUT2D eigenvalue weighted by molar-refractivity contribution is 6.33. The van der Waals surface area contributed by atoms with E-state index in [1.54, 1.807) is 35.3 Å². The highest BCUT2D eigenvalue weighted by atomic mass is 35.5. The van der Waals surface area contributed by atoms with E-state index in [-0.39, 0.29) is 35.4 Å². The quantitative estimate of drug-likeness (QED) is 0.241. The summed E-state index contributed by atoms with van der Waals surface area (Å²) < 4.78 is 41.6. The number of imide groups is 1. The van der Waals surface area contributed by atoms with Crippen molar-refractivity contribution in [1.82, 2.24) is 30.1 Å². The minimum Gasteiger partial charge on any atom is -0.369 e. The molecule has 0 radical (unpaired) electrons. The number of halogens is 4. The summed E-state index contributed by atoms with van der Waals surface area (Å²) in [7, 11) is 0. The number of hydrogen-bond donors (Lipinski definition) is 2. The summed E-state index contributed by atoms with van der Waals surface area (Å²) in [5.74, 6) is 5.03. The van der Waals surface area contributed by atoms with Gasteiger partial charge in [-0.3, -0.25) is 29.2 Å². The van der Waals surface area contributed by atoms with Crippen LogP contribution in [0.25, 0.3) is 10.9 Å². The average Bonchev–Trinajstić information content (AvgIpc) is 3.46. The van der Waals surface area contributed by atoms with Crippen molar-refractivity contribution in [3.05, 3.63) is 75.3 Å². The Labute approximate surface area is 275 Å². The van der Waals surface area contributed by atoms with Gasteiger partial charge in [-0.2, -0.15) is 23.0 Å². The Morgan fingerprint density at radius 2 is 1.90 bits per heavy atom. The van der Waals surface area contributed by atoms with Crippen LogP contribution in [-0.2, 0) is 26.1 Å². The van der Waals surface area contributed by atoms with Gasteiger partial charge in [0.2, 0.25) is 5.91 Å². The van der Waals surface area contributed by atoms with Gasteiger partial charge in [-0.25, -0.2) is 0 Å². The van der Waals surface area contributed by atoms with E-state index in [9.17, 15) is 32.3 Å². The zero-order chi connectivity index (χ0) is 33.8. The molecule has 2 aromatic carbocycles. The summed E-state index contributed by atoms with van der Waals surface area (Å²) in [4.78, 5) is 52.1. The number of piperidine rings is 1. The lowest BCUT2D eigenvalue weighted by molar-refractivity contribution is -0.138. The lowest BCUT2D eigenvalue weighted by Gasteiger charge is -2.40. The summed E-state index contributed by atoms with van der Waals surface area (Å²) in [6.07, 6.45) is 0.804. The molecule has 2 aromatic heterocycles. The Morgan fingerprint density at radius 1 is 1.10 bits per heavy atom. The second-order valence-electron chi connectivity index (χ2n) is 12.1. The van der Waals surface area contributed by atoms with Crippen LogP contribution in [0.5, 0.6) is 0 Å². The predicted molar refractivity (Wildman–Crippen MR) is 167 cm³/mol. The number of rotatable bonds is 5. The van der Waals surface area contributed by atoms with Gasteiger partial charge in [-0.1, -0.05) is 28.7 Å². The van der Waals surface area contributed by atoms with Crippen LogP contribution in [0.2, 0.25) is 5.02 Å². The van der Waals surface area contributed by atoms with Gasteiger partial charge in [0.25, 0.3) is 17.4 Å². The Hall–Kier alpha value is -5.23. The smallest absolute Gasteiger partial charge is 0.369 e. The number of hydrogen-bond acceptors (Lipinski definition) is 8.